The smallest absolute Gasteiger partial charge is 0.324 e. The van der Waals surface area contributed by atoms with E-state index in [2.05, 4.69) is 36.9 Å². The van der Waals surface area contributed by atoms with Crippen LogP contribution in [-0.4, -0.2) is 57.9 Å². The van der Waals surface area contributed by atoms with Crippen molar-refractivity contribution in [3.8, 4) is 11.3 Å². The number of urea groups is 1. The number of hydrogen-bond donors (Lipinski definition) is 4. The third kappa shape index (κ3) is 6.04. The molecule has 1 aromatic carbocycles. The van der Waals surface area contributed by atoms with E-state index in [1.807, 2.05) is 57.3 Å². The van der Waals surface area contributed by atoms with Crippen LogP contribution in [0, 0.1) is 0 Å². The van der Waals surface area contributed by atoms with Crippen molar-refractivity contribution in [1.29, 1.82) is 0 Å². The second-order valence-corrected chi connectivity index (χ2v) is 12.4. The van der Waals surface area contributed by atoms with Crippen LogP contribution in [0.25, 0.3) is 26.6 Å². The molecule has 0 bridgehead atoms. The SMILES string of the molecule is COCCNC1(CNc2ccc3c(n2)sc2nc(-c4ccc(NC(=O)Nc5cc(C(C)(C)C)on5)cc4)cn23)CC1. The largest absolute Gasteiger partial charge is 0.383 e. The summed E-state index contributed by atoms with van der Waals surface area (Å²) in [6.45, 7) is 8.46. The molecule has 1 aliphatic carbocycles. The number of methoxy groups -OCH3 is 1. The van der Waals surface area contributed by atoms with Crippen LogP contribution >= 0.6 is 11.3 Å². The molecule has 0 atom stereocenters. The Balaban J connectivity index is 1.09. The van der Waals surface area contributed by atoms with Gasteiger partial charge in [0.05, 0.1) is 17.8 Å². The van der Waals surface area contributed by atoms with Gasteiger partial charge in [0.1, 0.15) is 16.4 Å². The minimum Gasteiger partial charge on any atom is -0.383 e. The zero-order valence-corrected chi connectivity index (χ0v) is 24.4. The van der Waals surface area contributed by atoms with Gasteiger partial charge in [0.25, 0.3) is 0 Å². The molecule has 1 saturated carbocycles. The van der Waals surface area contributed by atoms with Crippen LogP contribution in [0.2, 0.25) is 0 Å². The number of benzene rings is 1. The van der Waals surface area contributed by atoms with E-state index in [4.69, 9.17) is 19.2 Å². The molecule has 214 valence electrons. The molecule has 1 fully saturated rings. The number of thiazole rings is 1. The number of amides is 2. The Morgan fingerprint density at radius 1 is 1.10 bits per heavy atom. The maximum absolute atomic E-state index is 12.4. The third-order valence-electron chi connectivity index (χ3n) is 7.16. The van der Waals surface area contributed by atoms with Crippen LogP contribution in [0.4, 0.5) is 22.1 Å². The van der Waals surface area contributed by atoms with Gasteiger partial charge in [-0.25, -0.2) is 14.8 Å². The second kappa shape index (κ2) is 10.8. The lowest BCUT2D eigenvalue weighted by atomic mass is 9.93. The Labute approximate surface area is 241 Å². The first-order chi connectivity index (χ1) is 19.7. The number of fused-ring (bicyclic) bond motifs is 3. The maximum Gasteiger partial charge on any atom is 0.324 e. The van der Waals surface area contributed by atoms with Crippen molar-refractivity contribution in [2.45, 2.75) is 44.6 Å². The summed E-state index contributed by atoms with van der Waals surface area (Å²) in [5.41, 5.74) is 3.44. The number of hydrogen-bond acceptors (Lipinski definition) is 9. The van der Waals surface area contributed by atoms with E-state index in [0.717, 1.165) is 58.3 Å². The van der Waals surface area contributed by atoms with Gasteiger partial charge in [-0.2, -0.15) is 0 Å². The third-order valence-corrected chi connectivity index (χ3v) is 8.12. The first-order valence-corrected chi connectivity index (χ1v) is 14.5. The molecular weight excluding hydrogens is 540 g/mol. The minimum atomic E-state index is -0.392. The number of anilines is 3. The quantitative estimate of drug-likeness (QED) is 0.156. The van der Waals surface area contributed by atoms with Crippen molar-refractivity contribution in [3.05, 3.63) is 54.4 Å². The molecule has 0 radical (unpaired) electrons. The fourth-order valence-electron chi connectivity index (χ4n) is 4.56. The number of pyridine rings is 1. The van der Waals surface area contributed by atoms with Gasteiger partial charge in [0.15, 0.2) is 10.8 Å². The Kier molecular flexibility index (Phi) is 7.14. The summed E-state index contributed by atoms with van der Waals surface area (Å²) in [5.74, 6) is 1.94. The second-order valence-electron chi connectivity index (χ2n) is 11.4. The number of carbonyl (C=O) groups excluding carboxylic acids is 1. The average molecular weight is 575 g/mol. The zero-order chi connectivity index (χ0) is 28.6. The monoisotopic (exact) mass is 574 g/mol. The highest BCUT2D eigenvalue weighted by Crippen LogP contribution is 2.36. The molecule has 4 N–H and O–H groups in total. The number of rotatable bonds is 10. The number of nitrogens with zero attached hydrogens (tertiary/aromatic N) is 4. The average Bonchev–Trinajstić information content (AvgIpc) is 3.23. The van der Waals surface area contributed by atoms with Gasteiger partial charge in [-0.3, -0.25) is 9.72 Å². The van der Waals surface area contributed by atoms with Crippen LogP contribution in [-0.2, 0) is 10.2 Å². The summed E-state index contributed by atoms with van der Waals surface area (Å²) >= 11 is 1.56. The summed E-state index contributed by atoms with van der Waals surface area (Å²) in [6.07, 6.45) is 4.34. The van der Waals surface area contributed by atoms with Crippen LogP contribution in [0.1, 0.15) is 39.4 Å². The fourth-order valence-corrected chi connectivity index (χ4v) is 5.54. The predicted octanol–water partition coefficient (Wildman–Crippen LogP) is 5.72. The lowest BCUT2D eigenvalue weighted by molar-refractivity contribution is 0.195. The van der Waals surface area contributed by atoms with Crippen molar-refractivity contribution in [2.24, 2.45) is 0 Å². The molecule has 0 spiro atoms. The molecular formula is C29H34N8O3S. The maximum atomic E-state index is 12.4. The summed E-state index contributed by atoms with van der Waals surface area (Å²) < 4.78 is 12.6. The highest BCUT2D eigenvalue weighted by atomic mass is 32.1. The van der Waals surface area contributed by atoms with Gasteiger partial charge >= 0.3 is 6.03 Å². The Hall–Kier alpha value is -4.00. The minimum absolute atomic E-state index is 0.149. The Morgan fingerprint density at radius 2 is 1.90 bits per heavy atom. The number of ether oxygens (including phenoxy) is 1. The van der Waals surface area contributed by atoms with Crippen LogP contribution in [0.3, 0.4) is 0 Å². The number of aromatic nitrogens is 4. The van der Waals surface area contributed by atoms with E-state index >= 15 is 0 Å². The molecule has 12 heteroatoms. The van der Waals surface area contributed by atoms with E-state index in [1.165, 1.54) is 0 Å². The standard InChI is InChI=1S/C29H34N8O3S/c1-28(2,3)22-15-24(36-40-22)35-26(38)32-19-7-5-18(6-8-19)20-16-37-21-9-10-23(34-25(21)41-27(37)33-20)30-17-29(11-12-29)31-13-14-39-4/h5-10,15-16,31H,11-14,17H2,1-4H3,(H,30,34)(H2,32,35,36,38). The molecule has 4 aromatic heterocycles. The molecule has 2 amide bonds. The van der Waals surface area contributed by atoms with E-state index in [9.17, 15) is 4.79 Å². The summed E-state index contributed by atoms with van der Waals surface area (Å²) in [6, 6.07) is 13.0. The van der Waals surface area contributed by atoms with E-state index < -0.39 is 6.03 Å². The lowest BCUT2D eigenvalue weighted by Crippen LogP contribution is -2.39. The molecule has 0 saturated heterocycles. The molecule has 0 aliphatic heterocycles. The molecule has 0 unspecified atom stereocenters. The van der Waals surface area contributed by atoms with Crippen LogP contribution in [0.5, 0.6) is 0 Å². The Morgan fingerprint density at radius 3 is 2.61 bits per heavy atom. The summed E-state index contributed by atoms with van der Waals surface area (Å²) in [4.78, 5) is 23.9. The first kappa shape index (κ1) is 27.2. The van der Waals surface area contributed by atoms with Crippen molar-refractivity contribution in [1.82, 2.24) is 24.8 Å². The molecule has 41 heavy (non-hydrogen) atoms. The highest BCUT2D eigenvalue weighted by molar-refractivity contribution is 7.23. The van der Waals surface area contributed by atoms with Gasteiger partial charge in [-0.15, -0.1) is 0 Å². The van der Waals surface area contributed by atoms with Gasteiger partial charge in [0.2, 0.25) is 0 Å². The molecule has 5 aromatic rings. The van der Waals surface area contributed by atoms with Crippen molar-refractivity contribution >= 4 is 50.0 Å². The number of nitrogens with one attached hydrogen (secondary N) is 4. The number of carbonyl (C=O) groups is 1. The number of imidazole rings is 1. The fraction of sp³-hybridized carbons (Fsp3) is 0.379. The van der Waals surface area contributed by atoms with Gasteiger partial charge in [0, 0.05) is 54.7 Å². The first-order valence-electron chi connectivity index (χ1n) is 13.6. The van der Waals surface area contributed by atoms with Gasteiger partial charge < -0.3 is 25.2 Å². The van der Waals surface area contributed by atoms with Crippen molar-refractivity contribution in [2.75, 3.05) is 42.8 Å². The van der Waals surface area contributed by atoms with Crippen LogP contribution < -0.4 is 21.3 Å². The molecule has 6 rings (SSSR count). The van der Waals surface area contributed by atoms with Crippen LogP contribution in [0.15, 0.2) is 53.2 Å². The molecule has 1 aliphatic rings. The highest BCUT2D eigenvalue weighted by Gasteiger charge is 2.41. The summed E-state index contributed by atoms with van der Waals surface area (Å²) in [5, 5.41) is 16.5. The van der Waals surface area contributed by atoms with Crippen molar-refractivity contribution < 1.29 is 14.1 Å². The van der Waals surface area contributed by atoms with E-state index in [1.54, 1.807) is 24.5 Å². The predicted molar refractivity (Wildman–Crippen MR) is 162 cm³/mol. The summed E-state index contributed by atoms with van der Waals surface area (Å²) in [7, 11) is 1.72. The normalized spacial score (nSPS) is 14.4. The molecule has 11 nitrogen and oxygen atoms in total. The zero-order valence-electron chi connectivity index (χ0n) is 23.6. The van der Waals surface area contributed by atoms with Gasteiger partial charge in [-0.1, -0.05) is 49.4 Å². The van der Waals surface area contributed by atoms with E-state index in [-0.39, 0.29) is 11.0 Å². The molecule has 4 heterocycles. The topological polar surface area (TPSA) is 131 Å². The van der Waals surface area contributed by atoms with E-state index in [0.29, 0.717) is 23.9 Å². The lowest BCUT2D eigenvalue weighted by Gasteiger charge is -2.18. The van der Waals surface area contributed by atoms with Gasteiger partial charge in [-0.05, 0) is 37.1 Å². The Bertz CT molecular complexity index is 1680. The van der Waals surface area contributed by atoms with Crippen molar-refractivity contribution in [3.63, 3.8) is 0 Å².